The second-order valence-electron chi connectivity index (χ2n) is 3.73. The molecule has 0 atom stereocenters. The number of Topliss-reactive ketones (excluding diaryl/α,β-unsaturated/α-hetero) is 1. The molecule has 0 fully saturated rings. The molecule has 0 unspecified atom stereocenters. The average molecular weight is 288 g/mol. The molecule has 0 heterocycles. The number of allylic oxidation sites excluding steroid dienone is 2. The molecule has 0 aromatic heterocycles. The van der Waals surface area contributed by atoms with Crippen LogP contribution in [0.15, 0.2) is 46.0 Å². The van der Waals surface area contributed by atoms with Crippen molar-refractivity contribution in [3.05, 3.63) is 35.7 Å². The highest BCUT2D eigenvalue weighted by Crippen LogP contribution is 2.25. The third kappa shape index (κ3) is 5.09. The Morgan fingerprint density at radius 3 is 2.15 bits per heavy atom. The van der Waals surface area contributed by atoms with Gasteiger partial charge in [-0.1, -0.05) is 0 Å². The minimum absolute atomic E-state index is 0.208. The Kier molecular flexibility index (Phi) is 4.84. The van der Waals surface area contributed by atoms with E-state index in [9.17, 15) is 23.1 Å². The van der Waals surface area contributed by atoms with E-state index in [-0.39, 0.29) is 17.1 Å². The van der Waals surface area contributed by atoms with E-state index in [1.807, 2.05) is 0 Å². The Hall–Kier alpha value is -2.38. The normalized spacial score (nSPS) is 13.2. The van der Waals surface area contributed by atoms with Crippen LogP contribution in [0.5, 0.6) is 5.75 Å². The highest BCUT2D eigenvalue weighted by atomic mass is 19.4. The van der Waals surface area contributed by atoms with E-state index in [0.717, 1.165) is 12.1 Å². The summed E-state index contributed by atoms with van der Waals surface area (Å²) in [5.41, 5.74) is -0.0138. The number of carbonyl (C=O) groups is 1. The maximum Gasteiger partial charge on any atom is 0.573 e. The molecule has 0 aliphatic heterocycles. The minimum atomic E-state index is -4.76. The van der Waals surface area contributed by atoms with E-state index < -0.39 is 17.9 Å². The molecule has 1 aromatic rings. The number of ketones is 1. The standard InChI is InChI=1S/C12H11F3N2O3/c1-7(18)11(8(2)19)17-16-9-3-5-10(6-4-9)20-12(13,14)15/h3-6,18H,1-2H3. The smallest absolute Gasteiger partial charge is 0.510 e. The number of hydrogen-bond acceptors (Lipinski definition) is 5. The van der Waals surface area contributed by atoms with Gasteiger partial charge in [0.1, 0.15) is 11.5 Å². The second-order valence-corrected chi connectivity index (χ2v) is 3.73. The molecule has 1 aromatic carbocycles. The van der Waals surface area contributed by atoms with Crippen molar-refractivity contribution in [2.24, 2.45) is 10.2 Å². The van der Waals surface area contributed by atoms with Crippen molar-refractivity contribution in [3.8, 4) is 5.75 Å². The molecule has 0 spiro atoms. The van der Waals surface area contributed by atoms with Crippen LogP contribution in [0.4, 0.5) is 18.9 Å². The first kappa shape index (κ1) is 15.7. The summed E-state index contributed by atoms with van der Waals surface area (Å²) in [5.74, 6) is -1.17. The molecule has 20 heavy (non-hydrogen) atoms. The number of carbonyl (C=O) groups excluding carboxylic acids is 1. The van der Waals surface area contributed by atoms with Crippen molar-refractivity contribution in [1.29, 1.82) is 0 Å². The second kappa shape index (κ2) is 6.18. The van der Waals surface area contributed by atoms with Crippen LogP contribution in [0.25, 0.3) is 0 Å². The molecule has 0 aliphatic carbocycles. The largest absolute Gasteiger partial charge is 0.573 e. The van der Waals surface area contributed by atoms with Crippen LogP contribution in [-0.2, 0) is 4.79 Å². The van der Waals surface area contributed by atoms with Crippen molar-refractivity contribution < 1.29 is 27.8 Å². The van der Waals surface area contributed by atoms with E-state index in [0.29, 0.717) is 0 Å². The molecule has 0 radical (unpaired) electrons. The Bertz CT molecular complexity index is 544. The van der Waals surface area contributed by atoms with Gasteiger partial charge >= 0.3 is 6.36 Å². The number of alkyl halides is 3. The summed E-state index contributed by atoms with van der Waals surface area (Å²) in [6.07, 6.45) is -4.76. The predicted octanol–water partition coefficient (Wildman–Crippen LogP) is 4.05. The molecule has 1 rings (SSSR count). The van der Waals surface area contributed by atoms with Crippen LogP contribution >= 0.6 is 0 Å². The van der Waals surface area contributed by atoms with E-state index >= 15 is 0 Å². The number of aliphatic hydroxyl groups is 1. The lowest BCUT2D eigenvalue weighted by Crippen LogP contribution is -2.16. The van der Waals surface area contributed by atoms with Gasteiger partial charge in [0, 0.05) is 6.92 Å². The molecule has 0 saturated carbocycles. The number of nitrogens with zero attached hydrogens (tertiary/aromatic N) is 2. The molecule has 1 N–H and O–H groups in total. The van der Waals surface area contributed by atoms with Crippen LogP contribution in [0.3, 0.4) is 0 Å². The fraction of sp³-hybridized carbons (Fsp3) is 0.250. The third-order valence-corrected chi connectivity index (χ3v) is 2.01. The maximum absolute atomic E-state index is 11.9. The van der Waals surface area contributed by atoms with Crippen molar-refractivity contribution in [2.45, 2.75) is 20.2 Å². The van der Waals surface area contributed by atoms with Crippen LogP contribution in [0.1, 0.15) is 13.8 Å². The van der Waals surface area contributed by atoms with Gasteiger partial charge in [-0.25, -0.2) is 0 Å². The van der Waals surface area contributed by atoms with Gasteiger partial charge in [-0.2, -0.15) is 5.11 Å². The lowest BCUT2D eigenvalue weighted by atomic mass is 10.3. The first-order chi connectivity index (χ1) is 9.19. The van der Waals surface area contributed by atoms with Crippen LogP contribution in [0.2, 0.25) is 0 Å². The Morgan fingerprint density at radius 2 is 1.75 bits per heavy atom. The minimum Gasteiger partial charge on any atom is -0.510 e. The van der Waals surface area contributed by atoms with E-state index in [1.165, 1.54) is 26.0 Å². The van der Waals surface area contributed by atoms with E-state index in [1.54, 1.807) is 0 Å². The zero-order valence-electron chi connectivity index (χ0n) is 10.6. The fourth-order valence-corrected chi connectivity index (χ4v) is 1.22. The number of benzene rings is 1. The molecule has 8 heteroatoms. The van der Waals surface area contributed by atoms with Gasteiger partial charge in [-0.3, -0.25) is 4.79 Å². The maximum atomic E-state index is 11.9. The summed E-state index contributed by atoms with van der Waals surface area (Å²) in [5, 5.41) is 16.4. The first-order valence-corrected chi connectivity index (χ1v) is 5.37. The number of aliphatic hydroxyl groups excluding tert-OH is 1. The summed E-state index contributed by atoms with van der Waals surface area (Å²) in [7, 11) is 0. The molecule has 0 aliphatic rings. The molecule has 0 saturated heterocycles. The van der Waals surface area contributed by atoms with Crippen molar-refractivity contribution >= 4 is 11.5 Å². The fourth-order valence-electron chi connectivity index (χ4n) is 1.22. The summed E-state index contributed by atoms with van der Waals surface area (Å²) in [4.78, 5) is 11.1. The lowest BCUT2D eigenvalue weighted by Gasteiger charge is -2.08. The Balaban J connectivity index is 2.85. The molecule has 108 valence electrons. The number of hydrogen-bond donors (Lipinski definition) is 1. The average Bonchev–Trinajstić information content (AvgIpc) is 2.28. The van der Waals surface area contributed by atoms with Gasteiger partial charge in [0.25, 0.3) is 0 Å². The SMILES string of the molecule is CC(=O)C(N=Nc1ccc(OC(F)(F)F)cc1)=C(C)O. The molecule has 0 amide bonds. The van der Waals surface area contributed by atoms with Gasteiger partial charge in [0.05, 0.1) is 5.69 Å². The van der Waals surface area contributed by atoms with E-state index in [4.69, 9.17) is 0 Å². The molecular formula is C12H11F3N2O3. The summed E-state index contributed by atoms with van der Waals surface area (Å²) >= 11 is 0. The van der Waals surface area contributed by atoms with Crippen molar-refractivity contribution in [1.82, 2.24) is 0 Å². The third-order valence-electron chi connectivity index (χ3n) is 2.01. The number of halogens is 3. The Morgan fingerprint density at radius 1 is 1.20 bits per heavy atom. The summed E-state index contributed by atoms with van der Waals surface area (Å²) in [6.45, 7) is 2.48. The van der Waals surface area contributed by atoms with Crippen molar-refractivity contribution in [3.63, 3.8) is 0 Å². The van der Waals surface area contributed by atoms with E-state index in [2.05, 4.69) is 15.0 Å². The highest BCUT2D eigenvalue weighted by molar-refractivity contribution is 5.93. The lowest BCUT2D eigenvalue weighted by molar-refractivity contribution is -0.274. The zero-order chi connectivity index (χ0) is 15.3. The molecule has 5 nitrogen and oxygen atoms in total. The first-order valence-electron chi connectivity index (χ1n) is 5.37. The van der Waals surface area contributed by atoms with Gasteiger partial charge < -0.3 is 9.84 Å². The molecular weight excluding hydrogens is 277 g/mol. The monoisotopic (exact) mass is 288 g/mol. The van der Waals surface area contributed by atoms with Gasteiger partial charge in [-0.15, -0.1) is 18.3 Å². The summed E-state index contributed by atoms with van der Waals surface area (Å²) < 4.78 is 39.5. The number of ether oxygens (including phenoxy) is 1. The highest BCUT2D eigenvalue weighted by Gasteiger charge is 2.30. The zero-order valence-corrected chi connectivity index (χ0v) is 10.6. The summed E-state index contributed by atoms with van der Waals surface area (Å²) in [6, 6.07) is 4.58. The van der Waals surface area contributed by atoms with Crippen LogP contribution in [0, 0.1) is 0 Å². The number of azo groups is 1. The van der Waals surface area contributed by atoms with Gasteiger partial charge in [0.15, 0.2) is 11.5 Å². The molecule has 0 bridgehead atoms. The van der Waals surface area contributed by atoms with Gasteiger partial charge in [-0.05, 0) is 31.2 Å². The topological polar surface area (TPSA) is 71.2 Å². The van der Waals surface area contributed by atoms with Crippen LogP contribution in [-0.4, -0.2) is 17.3 Å². The van der Waals surface area contributed by atoms with Gasteiger partial charge in [0.2, 0.25) is 0 Å². The number of rotatable bonds is 4. The Labute approximate surface area is 112 Å². The van der Waals surface area contributed by atoms with Crippen LogP contribution < -0.4 is 4.74 Å². The quantitative estimate of drug-likeness (QED) is 0.516. The predicted molar refractivity (Wildman–Crippen MR) is 63.7 cm³/mol. The van der Waals surface area contributed by atoms with Crippen molar-refractivity contribution in [2.75, 3.05) is 0 Å².